The van der Waals surface area contributed by atoms with Crippen molar-refractivity contribution in [3.63, 3.8) is 0 Å². The Balaban J connectivity index is 2.01. The van der Waals surface area contributed by atoms with E-state index in [1.807, 2.05) is 49.3 Å². The number of ether oxygens (including phenoxy) is 1. The first kappa shape index (κ1) is 18.6. The maximum absolute atomic E-state index is 12.3. The van der Waals surface area contributed by atoms with Crippen LogP contribution in [0.25, 0.3) is 0 Å². The summed E-state index contributed by atoms with van der Waals surface area (Å²) in [6, 6.07) is 13.4. The predicted molar refractivity (Wildman–Crippen MR) is 93.8 cm³/mol. The van der Waals surface area contributed by atoms with Crippen LogP contribution in [0.3, 0.4) is 0 Å². The SMILES string of the molecule is CN(C)C(=NCc1ccccc1)NCc1cccnc1OCC(F)F. The third-order valence-electron chi connectivity index (χ3n) is 3.31. The van der Waals surface area contributed by atoms with Gasteiger partial charge in [0.25, 0.3) is 6.43 Å². The molecule has 0 aliphatic rings. The normalized spacial score (nSPS) is 11.5. The molecule has 0 amide bonds. The van der Waals surface area contributed by atoms with Crippen LogP contribution in [0.4, 0.5) is 8.78 Å². The summed E-state index contributed by atoms with van der Waals surface area (Å²) < 4.78 is 29.7. The van der Waals surface area contributed by atoms with Crippen molar-refractivity contribution >= 4 is 5.96 Å². The molecule has 2 rings (SSSR count). The Morgan fingerprint density at radius 3 is 2.64 bits per heavy atom. The highest BCUT2D eigenvalue weighted by molar-refractivity contribution is 5.79. The molecule has 0 saturated heterocycles. The fourth-order valence-corrected chi connectivity index (χ4v) is 2.11. The fourth-order valence-electron chi connectivity index (χ4n) is 2.11. The van der Waals surface area contributed by atoms with E-state index < -0.39 is 13.0 Å². The van der Waals surface area contributed by atoms with Gasteiger partial charge in [-0.3, -0.25) is 0 Å². The van der Waals surface area contributed by atoms with Crippen molar-refractivity contribution in [2.45, 2.75) is 19.5 Å². The highest BCUT2D eigenvalue weighted by Crippen LogP contribution is 2.15. The highest BCUT2D eigenvalue weighted by atomic mass is 19.3. The van der Waals surface area contributed by atoms with Crippen LogP contribution in [-0.2, 0) is 13.1 Å². The first-order chi connectivity index (χ1) is 12.1. The van der Waals surface area contributed by atoms with Gasteiger partial charge in [0.05, 0.1) is 6.54 Å². The van der Waals surface area contributed by atoms with E-state index in [9.17, 15) is 8.78 Å². The van der Waals surface area contributed by atoms with Crippen molar-refractivity contribution in [3.8, 4) is 5.88 Å². The van der Waals surface area contributed by atoms with Crippen molar-refractivity contribution in [2.75, 3.05) is 20.7 Å². The van der Waals surface area contributed by atoms with Crippen LogP contribution < -0.4 is 10.1 Å². The average Bonchev–Trinajstić information content (AvgIpc) is 2.61. The summed E-state index contributed by atoms with van der Waals surface area (Å²) in [5, 5.41) is 3.20. The summed E-state index contributed by atoms with van der Waals surface area (Å²) in [5.74, 6) is 0.893. The Kier molecular flexibility index (Phi) is 7.13. The van der Waals surface area contributed by atoms with E-state index in [1.165, 1.54) is 6.20 Å². The van der Waals surface area contributed by atoms with Gasteiger partial charge < -0.3 is 15.0 Å². The minimum Gasteiger partial charge on any atom is -0.471 e. The Morgan fingerprint density at radius 1 is 1.20 bits per heavy atom. The molecule has 0 unspecified atom stereocenters. The lowest BCUT2D eigenvalue weighted by Crippen LogP contribution is -2.36. The molecule has 0 fully saturated rings. The van der Waals surface area contributed by atoms with Gasteiger partial charge in [0.2, 0.25) is 5.88 Å². The van der Waals surface area contributed by atoms with Gasteiger partial charge in [0, 0.05) is 32.4 Å². The molecule has 1 aromatic carbocycles. The summed E-state index contributed by atoms with van der Waals surface area (Å²) >= 11 is 0. The molecule has 7 heteroatoms. The third-order valence-corrected chi connectivity index (χ3v) is 3.31. The topological polar surface area (TPSA) is 49.8 Å². The molecule has 0 aliphatic heterocycles. The summed E-state index contributed by atoms with van der Waals surface area (Å²) in [6.07, 6.45) is -1.02. The molecule has 1 aromatic heterocycles. The van der Waals surface area contributed by atoms with Crippen LogP contribution in [0.1, 0.15) is 11.1 Å². The van der Waals surface area contributed by atoms with E-state index in [2.05, 4.69) is 15.3 Å². The molecule has 2 aromatic rings. The molecule has 5 nitrogen and oxygen atoms in total. The number of hydrogen-bond donors (Lipinski definition) is 1. The monoisotopic (exact) mass is 348 g/mol. The standard InChI is InChI=1S/C18H22F2N4O/c1-24(2)18(22-11-14-7-4-3-5-8-14)23-12-15-9-6-10-21-17(15)25-13-16(19)20/h3-10,16H,11-13H2,1-2H3,(H,22,23). The Morgan fingerprint density at radius 2 is 1.96 bits per heavy atom. The quantitative estimate of drug-likeness (QED) is 0.617. The minimum absolute atomic E-state index is 0.205. The second kappa shape index (κ2) is 9.56. The summed E-state index contributed by atoms with van der Waals surface area (Å²) in [7, 11) is 3.77. The number of aliphatic imine (C=N–C) groups is 1. The number of halogens is 2. The fraction of sp³-hybridized carbons (Fsp3) is 0.333. The number of nitrogens with one attached hydrogen (secondary N) is 1. The smallest absolute Gasteiger partial charge is 0.272 e. The number of pyridine rings is 1. The number of aromatic nitrogens is 1. The van der Waals surface area contributed by atoms with Gasteiger partial charge in [-0.15, -0.1) is 0 Å². The Bertz CT molecular complexity index is 678. The molecular weight excluding hydrogens is 326 g/mol. The predicted octanol–water partition coefficient (Wildman–Crippen LogP) is 2.93. The highest BCUT2D eigenvalue weighted by Gasteiger charge is 2.10. The first-order valence-electron chi connectivity index (χ1n) is 7.90. The Labute approximate surface area is 146 Å². The lowest BCUT2D eigenvalue weighted by atomic mass is 10.2. The van der Waals surface area contributed by atoms with Crippen LogP contribution in [0.2, 0.25) is 0 Å². The van der Waals surface area contributed by atoms with Gasteiger partial charge in [0.1, 0.15) is 0 Å². The van der Waals surface area contributed by atoms with Crippen molar-refractivity contribution in [3.05, 3.63) is 59.8 Å². The largest absolute Gasteiger partial charge is 0.471 e. The lowest BCUT2D eigenvalue weighted by Gasteiger charge is -2.18. The number of rotatable bonds is 7. The van der Waals surface area contributed by atoms with Gasteiger partial charge in [0.15, 0.2) is 12.6 Å². The maximum Gasteiger partial charge on any atom is 0.272 e. The molecule has 0 bridgehead atoms. The van der Waals surface area contributed by atoms with Crippen molar-refractivity contribution in [1.82, 2.24) is 15.2 Å². The van der Waals surface area contributed by atoms with Crippen LogP contribution in [0.15, 0.2) is 53.7 Å². The molecule has 0 atom stereocenters. The van der Waals surface area contributed by atoms with E-state index in [0.29, 0.717) is 24.6 Å². The first-order valence-corrected chi connectivity index (χ1v) is 7.90. The van der Waals surface area contributed by atoms with Crippen LogP contribution in [0, 0.1) is 0 Å². The molecule has 1 N–H and O–H groups in total. The van der Waals surface area contributed by atoms with E-state index in [-0.39, 0.29) is 5.88 Å². The molecule has 134 valence electrons. The molecular formula is C18H22F2N4O. The zero-order valence-corrected chi connectivity index (χ0v) is 14.3. The number of hydrogen-bond acceptors (Lipinski definition) is 3. The van der Waals surface area contributed by atoms with Gasteiger partial charge in [-0.05, 0) is 11.6 Å². The van der Waals surface area contributed by atoms with Gasteiger partial charge in [-0.2, -0.15) is 0 Å². The molecule has 1 heterocycles. The molecule has 0 aliphatic carbocycles. The van der Waals surface area contributed by atoms with Gasteiger partial charge in [-0.25, -0.2) is 18.8 Å². The second-order valence-corrected chi connectivity index (χ2v) is 5.54. The van der Waals surface area contributed by atoms with Crippen molar-refractivity contribution in [2.24, 2.45) is 4.99 Å². The van der Waals surface area contributed by atoms with Crippen molar-refractivity contribution in [1.29, 1.82) is 0 Å². The Hall–Kier alpha value is -2.70. The summed E-state index contributed by atoms with van der Waals surface area (Å²) in [4.78, 5) is 10.4. The summed E-state index contributed by atoms with van der Waals surface area (Å²) in [5.41, 5.74) is 1.79. The van der Waals surface area contributed by atoms with E-state index >= 15 is 0 Å². The molecule has 0 radical (unpaired) electrons. The lowest BCUT2D eigenvalue weighted by molar-refractivity contribution is 0.0790. The van der Waals surface area contributed by atoms with Gasteiger partial charge >= 0.3 is 0 Å². The van der Waals surface area contributed by atoms with E-state index in [1.54, 1.807) is 12.1 Å². The average molecular weight is 348 g/mol. The maximum atomic E-state index is 12.3. The van der Waals surface area contributed by atoms with Crippen LogP contribution in [-0.4, -0.2) is 43.0 Å². The summed E-state index contributed by atoms with van der Waals surface area (Å²) in [6.45, 7) is 0.244. The van der Waals surface area contributed by atoms with Crippen LogP contribution in [0.5, 0.6) is 5.88 Å². The minimum atomic E-state index is -2.53. The van der Waals surface area contributed by atoms with Crippen LogP contribution >= 0.6 is 0 Å². The number of alkyl halides is 2. The number of benzene rings is 1. The van der Waals surface area contributed by atoms with E-state index in [0.717, 1.165) is 5.56 Å². The third kappa shape index (κ3) is 6.37. The van der Waals surface area contributed by atoms with Crippen molar-refractivity contribution < 1.29 is 13.5 Å². The van der Waals surface area contributed by atoms with E-state index in [4.69, 9.17) is 4.74 Å². The molecule has 25 heavy (non-hydrogen) atoms. The second-order valence-electron chi connectivity index (χ2n) is 5.54. The number of guanidine groups is 1. The molecule has 0 spiro atoms. The zero-order chi connectivity index (χ0) is 18.1. The zero-order valence-electron chi connectivity index (χ0n) is 14.3. The van der Waals surface area contributed by atoms with Gasteiger partial charge in [-0.1, -0.05) is 36.4 Å². The number of nitrogens with zero attached hydrogens (tertiary/aromatic N) is 3. The molecule has 0 saturated carbocycles.